The molecule has 1 fully saturated rings. The summed E-state index contributed by atoms with van der Waals surface area (Å²) in [7, 11) is 0. The maximum Gasteiger partial charge on any atom is 0.315 e. The molecule has 1 saturated carbocycles. The maximum atomic E-state index is 11.9. The highest BCUT2D eigenvalue weighted by Crippen LogP contribution is 2.38. The van der Waals surface area contributed by atoms with Crippen molar-refractivity contribution < 1.29 is 14.7 Å². The topological polar surface area (TPSA) is 78.4 Å². The van der Waals surface area contributed by atoms with Crippen molar-refractivity contribution in [3.8, 4) is 0 Å². The van der Waals surface area contributed by atoms with Crippen LogP contribution in [0.15, 0.2) is 0 Å². The molecule has 0 aromatic rings. The van der Waals surface area contributed by atoms with Crippen molar-refractivity contribution in [2.75, 3.05) is 11.5 Å². The summed E-state index contributed by atoms with van der Waals surface area (Å²) in [5, 5.41) is 15.0. The second-order valence-electron chi connectivity index (χ2n) is 5.35. The second kappa shape index (κ2) is 7.03. The van der Waals surface area contributed by atoms with Gasteiger partial charge in [-0.3, -0.25) is 4.79 Å². The van der Waals surface area contributed by atoms with Gasteiger partial charge in [0.2, 0.25) is 0 Å². The zero-order valence-corrected chi connectivity index (χ0v) is 12.7. The van der Waals surface area contributed by atoms with Crippen molar-refractivity contribution in [3.05, 3.63) is 0 Å². The summed E-state index contributed by atoms with van der Waals surface area (Å²) in [6.45, 7) is 5.74. The molecule has 0 spiro atoms. The Morgan fingerprint density at radius 2 is 2.21 bits per heavy atom. The van der Waals surface area contributed by atoms with E-state index in [-0.39, 0.29) is 18.1 Å². The van der Waals surface area contributed by atoms with Crippen LogP contribution in [0.25, 0.3) is 0 Å². The summed E-state index contributed by atoms with van der Waals surface area (Å²) in [5.41, 5.74) is -0.835. The smallest absolute Gasteiger partial charge is 0.315 e. The van der Waals surface area contributed by atoms with Gasteiger partial charge in [-0.15, -0.1) is 0 Å². The number of carbonyl (C=O) groups is 2. The van der Waals surface area contributed by atoms with Gasteiger partial charge in [0.05, 0.1) is 5.41 Å². The Labute approximate surface area is 118 Å². The van der Waals surface area contributed by atoms with Gasteiger partial charge in [0.25, 0.3) is 0 Å². The van der Waals surface area contributed by atoms with E-state index in [2.05, 4.69) is 17.6 Å². The third-order valence-corrected chi connectivity index (χ3v) is 4.85. The van der Waals surface area contributed by atoms with E-state index in [1.165, 1.54) is 0 Å². The molecule has 110 valence electrons. The summed E-state index contributed by atoms with van der Waals surface area (Å²) < 4.78 is 0. The lowest BCUT2D eigenvalue weighted by molar-refractivity contribution is -0.148. The number of carbonyl (C=O) groups excluding carboxylic acids is 1. The van der Waals surface area contributed by atoms with E-state index < -0.39 is 11.4 Å². The lowest BCUT2D eigenvalue weighted by Gasteiger charge is -2.28. The molecule has 3 N–H and O–H groups in total. The molecule has 0 bridgehead atoms. The largest absolute Gasteiger partial charge is 0.481 e. The Bertz CT molecular complexity index is 338. The highest BCUT2D eigenvalue weighted by molar-refractivity contribution is 7.99. The lowest BCUT2D eigenvalue weighted by Crippen LogP contribution is -2.52. The summed E-state index contributed by atoms with van der Waals surface area (Å²) >= 11 is 1.77. The van der Waals surface area contributed by atoms with E-state index in [9.17, 15) is 14.7 Å². The van der Waals surface area contributed by atoms with Crippen LogP contribution < -0.4 is 10.6 Å². The van der Waals surface area contributed by atoms with E-state index in [0.29, 0.717) is 6.42 Å². The minimum Gasteiger partial charge on any atom is -0.481 e. The van der Waals surface area contributed by atoms with Crippen LogP contribution in [0, 0.1) is 5.41 Å². The number of hydrogen-bond donors (Lipinski definition) is 3. The summed E-state index contributed by atoms with van der Waals surface area (Å²) in [5.74, 6) is 1.06. The van der Waals surface area contributed by atoms with E-state index in [0.717, 1.165) is 24.3 Å². The van der Waals surface area contributed by atoms with Crippen LogP contribution in [-0.2, 0) is 4.79 Å². The van der Waals surface area contributed by atoms with Gasteiger partial charge in [-0.25, -0.2) is 4.79 Å². The molecule has 19 heavy (non-hydrogen) atoms. The average Bonchev–Trinajstić information content (AvgIpc) is 2.69. The molecule has 1 aliphatic rings. The molecule has 5 nitrogen and oxygen atoms in total. The van der Waals surface area contributed by atoms with Crippen LogP contribution in [0.4, 0.5) is 4.79 Å². The summed E-state index contributed by atoms with van der Waals surface area (Å²) in [6, 6.07) is -0.456. The van der Waals surface area contributed by atoms with E-state index >= 15 is 0 Å². The van der Waals surface area contributed by atoms with Gasteiger partial charge in [-0.1, -0.05) is 13.3 Å². The van der Waals surface area contributed by atoms with Crippen LogP contribution in [0.5, 0.6) is 0 Å². The van der Waals surface area contributed by atoms with Crippen LogP contribution in [0.3, 0.4) is 0 Å². The Kier molecular flexibility index (Phi) is 5.97. The van der Waals surface area contributed by atoms with E-state index in [1.807, 2.05) is 6.92 Å². The minimum atomic E-state index is -0.835. The van der Waals surface area contributed by atoms with Gasteiger partial charge in [0, 0.05) is 17.8 Å². The predicted octanol–water partition coefficient (Wildman–Crippen LogP) is 2.07. The molecule has 0 aromatic heterocycles. The fraction of sp³-hybridized carbons (Fsp3) is 0.846. The van der Waals surface area contributed by atoms with Crippen molar-refractivity contribution >= 4 is 23.8 Å². The van der Waals surface area contributed by atoms with Crippen LogP contribution in [0.1, 0.15) is 40.0 Å². The Hall–Kier alpha value is -0.910. The van der Waals surface area contributed by atoms with Crippen molar-refractivity contribution in [1.29, 1.82) is 0 Å². The third-order valence-electron chi connectivity index (χ3n) is 3.70. The first-order valence-corrected chi connectivity index (χ1v) is 7.93. The van der Waals surface area contributed by atoms with Gasteiger partial charge < -0.3 is 15.7 Å². The number of hydrogen-bond acceptors (Lipinski definition) is 3. The van der Waals surface area contributed by atoms with Crippen molar-refractivity contribution in [1.82, 2.24) is 10.6 Å². The quantitative estimate of drug-likeness (QED) is 0.699. The van der Waals surface area contributed by atoms with Gasteiger partial charge >= 0.3 is 12.0 Å². The molecule has 1 aliphatic carbocycles. The summed E-state index contributed by atoms with van der Waals surface area (Å²) in [4.78, 5) is 23.2. The first-order valence-electron chi connectivity index (χ1n) is 6.78. The van der Waals surface area contributed by atoms with Gasteiger partial charge in [0.15, 0.2) is 0 Å². The fourth-order valence-corrected chi connectivity index (χ4v) is 3.09. The molecule has 1 rings (SSSR count). The summed E-state index contributed by atoms with van der Waals surface area (Å²) in [6.07, 6.45) is 2.19. The van der Waals surface area contributed by atoms with Crippen molar-refractivity contribution in [2.24, 2.45) is 5.41 Å². The number of carboxylic acid groups (broad SMARTS) is 1. The normalized spacial score (nSPS) is 27.8. The zero-order valence-electron chi connectivity index (χ0n) is 11.9. The molecule has 3 unspecified atom stereocenters. The highest BCUT2D eigenvalue weighted by atomic mass is 32.2. The molecule has 0 aliphatic heterocycles. The van der Waals surface area contributed by atoms with Crippen LogP contribution in [0.2, 0.25) is 0 Å². The van der Waals surface area contributed by atoms with Crippen LogP contribution >= 0.6 is 11.8 Å². The Balaban J connectivity index is 2.46. The van der Waals surface area contributed by atoms with E-state index in [4.69, 9.17) is 0 Å². The van der Waals surface area contributed by atoms with E-state index in [1.54, 1.807) is 18.7 Å². The highest BCUT2D eigenvalue weighted by Gasteiger charge is 2.45. The number of thioether (sulfide) groups is 1. The SMILES string of the molecule is CCSCC(C)NC(=O)NC1CCCC1(C)C(=O)O. The van der Waals surface area contributed by atoms with Crippen LogP contribution in [-0.4, -0.2) is 40.7 Å². The number of urea groups is 1. The molecule has 3 atom stereocenters. The monoisotopic (exact) mass is 288 g/mol. The first-order chi connectivity index (χ1) is 8.90. The Morgan fingerprint density at radius 3 is 2.79 bits per heavy atom. The standard InChI is InChI=1S/C13H24N2O3S/c1-4-19-8-9(2)14-12(18)15-10-6-5-7-13(10,3)11(16)17/h9-10H,4-8H2,1-3H3,(H,16,17)(H2,14,15,18). The molecule has 0 aromatic carbocycles. The van der Waals surface area contributed by atoms with Gasteiger partial charge in [-0.05, 0) is 32.4 Å². The molecule has 0 heterocycles. The average molecular weight is 288 g/mol. The molecular formula is C13H24N2O3S. The maximum absolute atomic E-state index is 11.9. The number of amides is 2. The third kappa shape index (κ3) is 4.30. The fourth-order valence-electron chi connectivity index (χ4n) is 2.41. The molecule has 6 heteroatoms. The van der Waals surface area contributed by atoms with Crippen molar-refractivity contribution in [2.45, 2.75) is 52.1 Å². The number of carboxylic acids is 1. The first kappa shape index (κ1) is 16.1. The number of aliphatic carboxylic acids is 1. The predicted molar refractivity (Wildman–Crippen MR) is 77.5 cm³/mol. The lowest BCUT2D eigenvalue weighted by atomic mass is 9.85. The number of rotatable bonds is 6. The van der Waals surface area contributed by atoms with Gasteiger partial charge in [0.1, 0.15) is 0 Å². The zero-order chi connectivity index (χ0) is 14.5. The number of nitrogens with one attached hydrogen (secondary N) is 2. The second-order valence-corrected chi connectivity index (χ2v) is 6.66. The van der Waals surface area contributed by atoms with Gasteiger partial charge in [-0.2, -0.15) is 11.8 Å². The van der Waals surface area contributed by atoms with Crippen molar-refractivity contribution in [3.63, 3.8) is 0 Å². The minimum absolute atomic E-state index is 0.0856. The molecular weight excluding hydrogens is 264 g/mol. The molecule has 0 radical (unpaired) electrons. The molecule has 2 amide bonds. The Morgan fingerprint density at radius 1 is 1.53 bits per heavy atom. The molecule has 0 saturated heterocycles.